The van der Waals surface area contributed by atoms with Crippen LogP contribution in [0.15, 0.2) is 23.3 Å². The highest BCUT2D eigenvalue weighted by Gasteiger charge is 2.41. The summed E-state index contributed by atoms with van der Waals surface area (Å²) in [6.07, 6.45) is 6.08. The molecular weight excluding hydrogens is 330 g/mol. The number of morpholine rings is 1. The van der Waals surface area contributed by atoms with Crippen molar-refractivity contribution < 1.29 is 9.47 Å². The van der Waals surface area contributed by atoms with Crippen LogP contribution in [0.5, 0.6) is 0 Å². The van der Waals surface area contributed by atoms with Crippen LogP contribution >= 0.6 is 0 Å². The third-order valence-corrected chi connectivity index (χ3v) is 5.36. The number of nitrogens with zero attached hydrogens (tertiary/aromatic N) is 3. The zero-order valence-electron chi connectivity index (χ0n) is 15.5. The molecule has 26 heavy (non-hydrogen) atoms. The zero-order valence-corrected chi connectivity index (χ0v) is 15.5. The first-order valence-electron chi connectivity index (χ1n) is 9.80. The van der Waals surface area contributed by atoms with E-state index < -0.39 is 0 Å². The fourth-order valence-corrected chi connectivity index (χ4v) is 4.06. The highest BCUT2D eigenvalue weighted by atomic mass is 16.5. The van der Waals surface area contributed by atoms with Gasteiger partial charge in [0, 0.05) is 31.4 Å². The van der Waals surface area contributed by atoms with Gasteiger partial charge in [-0.2, -0.15) is 0 Å². The molecule has 0 amide bonds. The van der Waals surface area contributed by atoms with Gasteiger partial charge in [-0.25, -0.2) is 9.98 Å². The van der Waals surface area contributed by atoms with Gasteiger partial charge in [-0.3, -0.25) is 0 Å². The van der Waals surface area contributed by atoms with E-state index in [0.29, 0.717) is 24.8 Å². The molecule has 0 aromatic carbocycles. The third kappa shape index (κ3) is 3.94. The number of pyridine rings is 1. The third-order valence-electron chi connectivity index (χ3n) is 5.36. The average molecular weight is 359 g/mol. The van der Waals surface area contributed by atoms with Crippen LogP contribution < -0.4 is 15.5 Å². The Labute approximate surface area is 155 Å². The smallest absolute Gasteiger partial charge is 0.191 e. The molecule has 0 spiro atoms. The van der Waals surface area contributed by atoms with E-state index in [1.807, 2.05) is 12.3 Å². The minimum absolute atomic E-state index is 0.339. The molecule has 2 bridgehead atoms. The summed E-state index contributed by atoms with van der Waals surface area (Å²) in [5, 5.41) is 6.94. The molecule has 4 rings (SSSR count). The Morgan fingerprint density at radius 1 is 1.35 bits per heavy atom. The Bertz CT molecular complexity index is 632. The summed E-state index contributed by atoms with van der Waals surface area (Å²) in [6, 6.07) is 4.48. The summed E-state index contributed by atoms with van der Waals surface area (Å²) in [4.78, 5) is 11.7. The number of rotatable bonds is 5. The van der Waals surface area contributed by atoms with Gasteiger partial charge in [-0.1, -0.05) is 6.07 Å². The van der Waals surface area contributed by atoms with Gasteiger partial charge in [-0.05, 0) is 32.3 Å². The Hall–Kier alpha value is -1.86. The van der Waals surface area contributed by atoms with Crippen molar-refractivity contribution in [2.24, 2.45) is 4.99 Å². The monoisotopic (exact) mass is 359 g/mol. The first-order chi connectivity index (χ1) is 12.8. The lowest BCUT2D eigenvalue weighted by molar-refractivity contribution is 0.0992. The second-order valence-electron chi connectivity index (χ2n) is 7.14. The van der Waals surface area contributed by atoms with Crippen molar-refractivity contribution in [1.29, 1.82) is 0 Å². The maximum atomic E-state index is 5.95. The van der Waals surface area contributed by atoms with Gasteiger partial charge in [0.15, 0.2) is 5.96 Å². The van der Waals surface area contributed by atoms with Crippen LogP contribution in [0.3, 0.4) is 0 Å². The first kappa shape index (κ1) is 17.5. The molecule has 3 fully saturated rings. The lowest BCUT2D eigenvalue weighted by Gasteiger charge is -2.29. The molecule has 2 N–H and O–H groups in total. The lowest BCUT2D eigenvalue weighted by Crippen LogP contribution is -2.47. The van der Waals surface area contributed by atoms with E-state index in [9.17, 15) is 0 Å². The molecule has 3 aliphatic heterocycles. The van der Waals surface area contributed by atoms with Crippen molar-refractivity contribution >= 4 is 11.8 Å². The normalized spacial score (nSPS) is 28.4. The summed E-state index contributed by atoms with van der Waals surface area (Å²) < 4.78 is 11.4. The molecule has 0 aliphatic carbocycles. The van der Waals surface area contributed by atoms with Gasteiger partial charge in [0.2, 0.25) is 0 Å². The Kier molecular flexibility index (Phi) is 5.55. The molecular formula is C19H29N5O2. The molecule has 142 valence electrons. The fraction of sp³-hybridized carbons (Fsp3) is 0.684. The maximum absolute atomic E-state index is 5.95. The molecule has 3 saturated heterocycles. The van der Waals surface area contributed by atoms with E-state index in [4.69, 9.17) is 14.5 Å². The summed E-state index contributed by atoms with van der Waals surface area (Å²) in [6.45, 7) is 6.83. The Balaban J connectivity index is 1.44. The number of hydrogen-bond donors (Lipinski definition) is 2. The van der Waals surface area contributed by atoms with Crippen molar-refractivity contribution in [3.63, 3.8) is 0 Å². The van der Waals surface area contributed by atoms with Gasteiger partial charge in [0.05, 0.1) is 38.0 Å². The van der Waals surface area contributed by atoms with E-state index in [-0.39, 0.29) is 0 Å². The van der Waals surface area contributed by atoms with Crippen molar-refractivity contribution in [3.8, 4) is 0 Å². The van der Waals surface area contributed by atoms with E-state index in [0.717, 1.165) is 63.0 Å². The van der Waals surface area contributed by atoms with E-state index in [2.05, 4.69) is 33.5 Å². The molecule has 1 aromatic heterocycles. The van der Waals surface area contributed by atoms with Crippen molar-refractivity contribution in [2.75, 3.05) is 37.7 Å². The number of aliphatic imine (C=N–C) groups is 1. The Morgan fingerprint density at radius 2 is 2.23 bits per heavy atom. The maximum Gasteiger partial charge on any atom is 0.191 e. The summed E-state index contributed by atoms with van der Waals surface area (Å²) in [5.74, 6) is 1.89. The number of aromatic nitrogens is 1. The summed E-state index contributed by atoms with van der Waals surface area (Å²) >= 11 is 0. The molecule has 1 aromatic rings. The standard InChI is InChI=1S/C19H29N5O2/c1-2-20-19(23-16-12-15-5-6-17(16)26-15)22-13-14-4-3-7-21-18(14)24-8-10-25-11-9-24/h3-4,7,15-17H,2,5-6,8-13H2,1H3,(H2,20,22,23). The minimum atomic E-state index is 0.339. The van der Waals surface area contributed by atoms with E-state index >= 15 is 0 Å². The summed E-state index contributed by atoms with van der Waals surface area (Å²) in [7, 11) is 0. The number of hydrogen-bond acceptors (Lipinski definition) is 5. The molecule has 7 nitrogen and oxygen atoms in total. The highest BCUT2D eigenvalue weighted by Crippen LogP contribution is 2.34. The predicted molar refractivity (Wildman–Crippen MR) is 102 cm³/mol. The summed E-state index contributed by atoms with van der Waals surface area (Å²) in [5.41, 5.74) is 1.15. The molecule has 7 heteroatoms. The predicted octanol–water partition coefficient (Wildman–Crippen LogP) is 1.29. The zero-order chi connectivity index (χ0) is 17.8. The van der Waals surface area contributed by atoms with Crippen molar-refractivity contribution in [3.05, 3.63) is 23.9 Å². The van der Waals surface area contributed by atoms with Crippen LogP contribution in [0.4, 0.5) is 5.82 Å². The lowest BCUT2D eigenvalue weighted by atomic mass is 9.96. The van der Waals surface area contributed by atoms with Gasteiger partial charge in [-0.15, -0.1) is 0 Å². The Morgan fingerprint density at radius 3 is 2.96 bits per heavy atom. The number of anilines is 1. The number of ether oxygens (including phenoxy) is 2. The van der Waals surface area contributed by atoms with E-state index in [1.165, 1.54) is 6.42 Å². The highest BCUT2D eigenvalue weighted by molar-refractivity contribution is 5.80. The molecule has 0 radical (unpaired) electrons. The van der Waals surface area contributed by atoms with Crippen molar-refractivity contribution in [2.45, 2.75) is 51.0 Å². The van der Waals surface area contributed by atoms with Gasteiger partial charge < -0.3 is 25.0 Å². The van der Waals surface area contributed by atoms with Crippen LogP contribution in [0.2, 0.25) is 0 Å². The largest absolute Gasteiger partial charge is 0.378 e. The molecule has 4 heterocycles. The van der Waals surface area contributed by atoms with Gasteiger partial charge >= 0.3 is 0 Å². The molecule has 3 atom stereocenters. The number of nitrogens with one attached hydrogen (secondary N) is 2. The van der Waals surface area contributed by atoms with Crippen LogP contribution in [0, 0.1) is 0 Å². The second kappa shape index (κ2) is 8.22. The first-order valence-corrected chi connectivity index (χ1v) is 9.80. The van der Waals surface area contributed by atoms with Crippen LogP contribution in [0.1, 0.15) is 31.7 Å². The number of guanidine groups is 1. The van der Waals surface area contributed by atoms with Crippen LogP contribution in [-0.2, 0) is 16.0 Å². The molecule has 3 unspecified atom stereocenters. The minimum Gasteiger partial charge on any atom is -0.378 e. The van der Waals surface area contributed by atoms with Crippen molar-refractivity contribution in [1.82, 2.24) is 15.6 Å². The average Bonchev–Trinajstić information content (AvgIpc) is 3.30. The fourth-order valence-electron chi connectivity index (χ4n) is 4.06. The van der Waals surface area contributed by atoms with E-state index in [1.54, 1.807) is 0 Å². The number of fused-ring (bicyclic) bond motifs is 2. The molecule has 0 saturated carbocycles. The van der Waals surface area contributed by atoms with Gasteiger partial charge in [0.1, 0.15) is 5.82 Å². The molecule has 3 aliphatic rings. The van der Waals surface area contributed by atoms with Crippen LogP contribution in [0.25, 0.3) is 0 Å². The quantitative estimate of drug-likeness (QED) is 0.610. The topological polar surface area (TPSA) is 71.0 Å². The second-order valence-corrected chi connectivity index (χ2v) is 7.14. The van der Waals surface area contributed by atoms with Crippen LogP contribution in [-0.4, -0.2) is 62.0 Å². The SMILES string of the molecule is CCNC(=NCc1cccnc1N1CCOCC1)NC1CC2CCC1O2. The van der Waals surface area contributed by atoms with Gasteiger partial charge in [0.25, 0.3) is 0 Å².